The van der Waals surface area contributed by atoms with Gasteiger partial charge in [0.25, 0.3) is 5.24 Å². The van der Waals surface area contributed by atoms with Crippen LogP contribution in [0.5, 0.6) is 5.75 Å². The zero-order valence-electron chi connectivity index (χ0n) is 6.94. The quantitative estimate of drug-likeness (QED) is 0.602. The maximum absolute atomic E-state index is 12.6. The summed E-state index contributed by atoms with van der Waals surface area (Å²) >= 11 is 4.96. The Bertz CT molecular complexity index is 394. The molecule has 0 bridgehead atoms. The maximum Gasteiger partial charge on any atom is 0.387 e. The number of halogens is 5. The van der Waals surface area contributed by atoms with Crippen molar-refractivity contribution in [3.8, 4) is 5.75 Å². The zero-order valence-corrected chi connectivity index (χ0v) is 7.69. The van der Waals surface area contributed by atoms with Crippen LogP contribution in [0.3, 0.4) is 0 Å². The third kappa shape index (κ3) is 2.82. The first kappa shape index (κ1) is 11.8. The van der Waals surface area contributed by atoms with Gasteiger partial charge in [-0.15, -0.1) is 0 Å². The van der Waals surface area contributed by atoms with Crippen molar-refractivity contribution in [2.75, 3.05) is 0 Å². The minimum atomic E-state index is -3.26. The van der Waals surface area contributed by atoms with Crippen molar-refractivity contribution in [2.24, 2.45) is 0 Å². The molecule has 0 atom stereocenters. The Morgan fingerprint density at radius 2 is 1.80 bits per heavy atom. The van der Waals surface area contributed by atoms with E-state index in [9.17, 15) is 22.4 Å². The van der Waals surface area contributed by atoms with Crippen LogP contribution in [-0.2, 0) is 0 Å². The number of hydrogen-bond donors (Lipinski definition) is 0. The summed E-state index contributed by atoms with van der Waals surface area (Å²) in [5, 5.41) is -1.22. The van der Waals surface area contributed by atoms with E-state index in [-0.39, 0.29) is 0 Å². The standard InChI is InChI=1S/C8H3ClF4O2/c9-7(14)3-1-4(10)5(11)2-6(3)15-8(12)13/h1-2,8H. The van der Waals surface area contributed by atoms with Gasteiger partial charge in [0.1, 0.15) is 5.75 Å². The van der Waals surface area contributed by atoms with Crippen LogP contribution in [0.15, 0.2) is 12.1 Å². The van der Waals surface area contributed by atoms with Gasteiger partial charge in [-0.05, 0) is 17.7 Å². The summed E-state index contributed by atoms with van der Waals surface area (Å²) in [6.45, 7) is -3.26. The summed E-state index contributed by atoms with van der Waals surface area (Å²) < 4.78 is 52.7. The van der Waals surface area contributed by atoms with E-state index in [1.807, 2.05) is 0 Å². The number of carbonyl (C=O) groups excluding carboxylic acids is 1. The maximum atomic E-state index is 12.6. The number of carbonyl (C=O) groups is 1. The Kier molecular flexibility index (Phi) is 3.52. The molecule has 15 heavy (non-hydrogen) atoms. The third-order valence-corrected chi connectivity index (χ3v) is 1.65. The van der Waals surface area contributed by atoms with Crippen LogP contribution in [0.25, 0.3) is 0 Å². The number of rotatable bonds is 3. The van der Waals surface area contributed by atoms with Crippen molar-refractivity contribution in [2.45, 2.75) is 6.61 Å². The molecule has 0 aromatic heterocycles. The molecule has 0 heterocycles. The van der Waals surface area contributed by atoms with Gasteiger partial charge in [0.05, 0.1) is 5.56 Å². The van der Waals surface area contributed by atoms with Crippen molar-refractivity contribution in [1.29, 1.82) is 0 Å². The van der Waals surface area contributed by atoms with Gasteiger partial charge in [-0.3, -0.25) is 4.79 Å². The van der Waals surface area contributed by atoms with Crippen molar-refractivity contribution >= 4 is 16.8 Å². The zero-order chi connectivity index (χ0) is 11.6. The Morgan fingerprint density at radius 3 is 2.27 bits per heavy atom. The second kappa shape index (κ2) is 4.48. The minimum Gasteiger partial charge on any atom is -0.434 e. The molecular weight excluding hydrogens is 240 g/mol. The molecule has 7 heteroatoms. The molecule has 1 aromatic carbocycles. The van der Waals surface area contributed by atoms with Crippen molar-refractivity contribution in [3.05, 3.63) is 29.3 Å². The monoisotopic (exact) mass is 242 g/mol. The Labute approximate surface area is 86.4 Å². The minimum absolute atomic E-state index is 0.330. The molecule has 0 aliphatic rings. The lowest BCUT2D eigenvalue weighted by Crippen LogP contribution is -2.07. The van der Waals surface area contributed by atoms with Gasteiger partial charge in [-0.25, -0.2) is 8.78 Å². The second-order valence-corrected chi connectivity index (χ2v) is 2.76. The fraction of sp³-hybridized carbons (Fsp3) is 0.125. The first-order valence-corrected chi connectivity index (χ1v) is 3.93. The summed E-state index contributed by atoms with van der Waals surface area (Å²) in [5.41, 5.74) is -0.657. The number of hydrogen-bond acceptors (Lipinski definition) is 2. The normalized spacial score (nSPS) is 10.5. The molecule has 0 aliphatic heterocycles. The molecule has 0 saturated carbocycles. The van der Waals surface area contributed by atoms with E-state index in [4.69, 9.17) is 11.6 Å². The van der Waals surface area contributed by atoms with Gasteiger partial charge < -0.3 is 4.74 Å². The molecule has 0 unspecified atom stereocenters. The van der Waals surface area contributed by atoms with E-state index in [0.29, 0.717) is 12.1 Å². The number of alkyl halides is 2. The molecule has 0 spiro atoms. The first-order valence-electron chi connectivity index (χ1n) is 3.55. The fourth-order valence-corrected chi connectivity index (χ4v) is 1.02. The van der Waals surface area contributed by atoms with Crippen LogP contribution in [0.2, 0.25) is 0 Å². The highest BCUT2D eigenvalue weighted by molar-refractivity contribution is 6.68. The van der Waals surface area contributed by atoms with Crippen LogP contribution >= 0.6 is 11.6 Å². The molecule has 0 amide bonds. The second-order valence-electron chi connectivity index (χ2n) is 2.41. The van der Waals surface area contributed by atoms with Crippen LogP contribution in [0.1, 0.15) is 10.4 Å². The smallest absolute Gasteiger partial charge is 0.387 e. The van der Waals surface area contributed by atoms with E-state index < -0.39 is 34.8 Å². The number of benzene rings is 1. The molecule has 0 N–H and O–H groups in total. The van der Waals surface area contributed by atoms with Crippen LogP contribution in [-0.4, -0.2) is 11.9 Å². The summed E-state index contributed by atoms with van der Waals surface area (Å²) in [6.07, 6.45) is 0. The van der Waals surface area contributed by atoms with Crippen LogP contribution in [0.4, 0.5) is 17.6 Å². The van der Waals surface area contributed by atoms with Crippen molar-refractivity contribution in [3.63, 3.8) is 0 Å². The van der Waals surface area contributed by atoms with E-state index in [1.165, 1.54) is 0 Å². The molecule has 0 saturated heterocycles. The topological polar surface area (TPSA) is 26.3 Å². The molecule has 0 fully saturated rings. The molecule has 0 radical (unpaired) electrons. The fourth-order valence-electron chi connectivity index (χ4n) is 0.876. The highest BCUT2D eigenvalue weighted by atomic mass is 35.5. The van der Waals surface area contributed by atoms with E-state index in [2.05, 4.69) is 4.74 Å². The van der Waals surface area contributed by atoms with Gasteiger partial charge in [-0.2, -0.15) is 8.78 Å². The van der Waals surface area contributed by atoms with Gasteiger partial charge in [-0.1, -0.05) is 0 Å². The first-order chi connectivity index (χ1) is 6.91. The molecule has 1 rings (SSSR count). The Hall–Kier alpha value is -1.30. The van der Waals surface area contributed by atoms with E-state index >= 15 is 0 Å². The largest absolute Gasteiger partial charge is 0.434 e. The molecular formula is C8H3ClF4O2. The van der Waals surface area contributed by atoms with E-state index in [1.54, 1.807) is 0 Å². The molecule has 0 aliphatic carbocycles. The predicted molar refractivity (Wildman–Crippen MR) is 43.2 cm³/mol. The predicted octanol–water partition coefficient (Wildman–Crippen LogP) is 2.95. The average Bonchev–Trinajstić information content (AvgIpc) is 2.09. The van der Waals surface area contributed by atoms with Gasteiger partial charge in [0.15, 0.2) is 11.6 Å². The summed E-state index contributed by atoms with van der Waals surface area (Å²) in [7, 11) is 0. The van der Waals surface area contributed by atoms with Gasteiger partial charge >= 0.3 is 6.61 Å². The highest BCUT2D eigenvalue weighted by Crippen LogP contribution is 2.25. The van der Waals surface area contributed by atoms with Crippen LogP contribution < -0.4 is 4.74 Å². The van der Waals surface area contributed by atoms with E-state index in [0.717, 1.165) is 0 Å². The average molecular weight is 243 g/mol. The summed E-state index contributed by atoms with van der Waals surface area (Å²) in [5.74, 6) is -3.59. The van der Waals surface area contributed by atoms with Crippen molar-refractivity contribution < 1.29 is 27.1 Å². The summed E-state index contributed by atoms with van der Waals surface area (Å²) in [6, 6.07) is 0.722. The van der Waals surface area contributed by atoms with Crippen LogP contribution in [0, 0.1) is 11.6 Å². The molecule has 2 nitrogen and oxygen atoms in total. The van der Waals surface area contributed by atoms with Crippen molar-refractivity contribution in [1.82, 2.24) is 0 Å². The lowest BCUT2D eigenvalue weighted by Gasteiger charge is -2.08. The SMILES string of the molecule is O=C(Cl)c1cc(F)c(F)cc1OC(F)F. The summed E-state index contributed by atoms with van der Waals surface area (Å²) in [4.78, 5) is 10.7. The molecule has 82 valence electrons. The highest BCUT2D eigenvalue weighted by Gasteiger charge is 2.18. The van der Waals surface area contributed by atoms with Gasteiger partial charge in [0.2, 0.25) is 0 Å². The third-order valence-electron chi connectivity index (χ3n) is 1.45. The Balaban J connectivity index is 3.22. The van der Waals surface area contributed by atoms with Gasteiger partial charge in [0, 0.05) is 6.07 Å². The Morgan fingerprint density at radius 1 is 1.27 bits per heavy atom. The molecule has 1 aromatic rings. The lowest BCUT2D eigenvalue weighted by molar-refractivity contribution is -0.0503. The number of ether oxygens (including phenoxy) is 1. The lowest BCUT2D eigenvalue weighted by atomic mass is 10.2.